The van der Waals surface area contributed by atoms with E-state index in [4.69, 9.17) is 9.47 Å². The molecule has 11 atom stereocenters. The first kappa shape index (κ1) is 37.1. The number of carbonyl (C=O) groups is 2. The van der Waals surface area contributed by atoms with Crippen LogP contribution in [0.2, 0.25) is 0 Å². The van der Waals surface area contributed by atoms with Crippen LogP contribution in [0, 0.1) is 59.2 Å². The third kappa shape index (κ3) is 6.93. The molecule has 2 bridgehead atoms. The van der Waals surface area contributed by atoms with Gasteiger partial charge < -0.3 is 19.7 Å². The van der Waals surface area contributed by atoms with Gasteiger partial charge in [-0.3, -0.25) is 4.79 Å². The van der Waals surface area contributed by atoms with Gasteiger partial charge in [0.25, 0.3) is 0 Å². The molecular formula is C44H62O6. The summed E-state index contributed by atoms with van der Waals surface area (Å²) in [7, 11) is 0. The molecule has 274 valence electrons. The summed E-state index contributed by atoms with van der Waals surface area (Å²) in [6.07, 6.45) is 9.67. The Labute approximate surface area is 300 Å². The molecule has 0 spiro atoms. The van der Waals surface area contributed by atoms with Gasteiger partial charge >= 0.3 is 5.97 Å². The van der Waals surface area contributed by atoms with Gasteiger partial charge in [-0.1, -0.05) is 63.9 Å². The quantitative estimate of drug-likeness (QED) is 0.192. The third-order valence-corrected chi connectivity index (χ3v) is 14.4. The maximum Gasteiger partial charge on any atom is 0.350 e. The van der Waals surface area contributed by atoms with Gasteiger partial charge in [0.2, 0.25) is 0 Å². The number of rotatable bonds is 10. The van der Waals surface area contributed by atoms with Gasteiger partial charge in [0.15, 0.2) is 11.4 Å². The van der Waals surface area contributed by atoms with Crippen LogP contribution >= 0.6 is 0 Å². The van der Waals surface area contributed by atoms with Crippen LogP contribution in [0.15, 0.2) is 48.5 Å². The number of ether oxygens (including phenoxy) is 2. The second-order valence-electron chi connectivity index (χ2n) is 17.8. The van der Waals surface area contributed by atoms with E-state index < -0.39 is 5.60 Å². The van der Waals surface area contributed by atoms with Crippen LogP contribution in [-0.2, 0) is 9.53 Å². The number of ketones is 1. The highest BCUT2D eigenvalue weighted by atomic mass is 16.6. The van der Waals surface area contributed by atoms with Crippen LogP contribution in [0.25, 0.3) is 0 Å². The van der Waals surface area contributed by atoms with Crippen LogP contribution in [0.1, 0.15) is 127 Å². The number of fused-ring (bicyclic) bond motifs is 6. The van der Waals surface area contributed by atoms with E-state index in [0.717, 1.165) is 50.5 Å². The zero-order valence-corrected chi connectivity index (χ0v) is 31.6. The van der Waals surface area contributed by atoms with Crippen molar-refractivity contribution in [2.45, 2.75) is 130 Å². The lowest BCUT2D eigenvalue weighted by molar-refractivity contribution is -0.167. The van der Waals surface area contributed by atoms with E-state index in [1.165, 1.54) is 19.3 Å². The second-order valence-corrected chi connectivity index (χ2v) is 17.8. The van der Waals surface area contributed by atoms with Gasteiger partial charge in [0, 0.05) is 17.7 Å². The Balaban J connectivity index is 1.14. The first-order valence-electron chi connectivity index (χ1n) is 19.6. The molecule has 0 saturated heterocycles. The molecule has 50 heavy (non-hydrogen) atoms. The number of aliphatic hydroxyl groups is 2. The predicted octanol–water partition coefficient (Wildman–Crippen LogP) is 8.97. The summed E-state index contributed by atoms with van der Waals surface area (Å²) in [5.74, 6) is 2.98. The number of hydrogen-bond donors (Lipinski definition) is 2. The SMILES string of the molecule is CC[C@@H]1[C@H]2C[C@H](OC(=O)C(C)(C)Oc3ccc(C(=O)c4ccc(C)cc4)cc3)CC[C@@](C)(C2)C2CC[C@@]3(C)C(CC[C@@H]3[C@H](C)CCO)C2[C@@H]1O. The summed E-state index contributed by atoms with van der Waals surface area (Å²) in [6.45, 7) is 15.3. The van der Waals surface area contributed by atoms with Crippen molar-refractivity contribution < 1.29 is 29.3 Å². The zero-order valence-electron chi connectivity index (χ0n) is 31.6. The molecule has 6 heteroatoms. The highest BCUT2D eigenvalue weighted by molar-refractivity contribution is 6.09. The molecule has 4 aliphatic carbocycles. The molecule has 0 amide bonds. The molecule has 4 aliphatic rings. The van der Waals surface area contributed by atoms with Crippen LogP contribution in [-0.4, -0.2) is 46.4 Å². The molecular weight excluding hydrogens is 624 g/mol. The Morgan fingerprint density at radius 3 is 2.24 bits per heavy atom. The van der Waals surface area contributed by atoms with Crippen LogP contribution in [0.5, 0.6) is 5.75 Å². The third-order valence-electron chi connectivity index (χ3n) is 14.4. The molecule has 2 aromatic rings. The van der Waals surface area contributed by atoms with Crippen molar-refractivity contribution in [2.75, 3.05) is 6.61 Å². The maximum absolute atomic E-state index is 13.7. The Morgan fingerprint density at radius 2 is 1.60 bits per heavy atom. The average molecular weight is 687 g/mol. The monoisotopic (exact) mass is 686 g/mol. The van der Waals surface area contributed by atoms with E-state index in [1.54, 1.807) is 38.1 Å². The standard InChI is InChI=1S/C44H62O6/c1-8-34-31-25-33(49-41(48)42(4,5)50-32-15-13-30(14-16-32)39(46)29-11-9-27(2)10-12-29)19-22-43(6,26-31)36-20-23-44(7)35(28(3)21-24-45)17-18-37(44)38(36)40(34)47/h9-16,28,31,33-38,40,45,47H,8,17-26H2,1-7H3/t28-,31+,33-,34-,35-,36?,37?,38?,40-,43+,44-/m1/s1. The largest absolute Gasteiger partial charge is 0.476 e. The van der Waals surface area contributed by atoms with Gasteiger partial charge in [-0.15, -0.1) is 0 Å². The Hall–Kier alpha value is -2.70. The topological polar surface area (TPSA) is 93.1 Å². The summed E-state index contributed by atoms with van der Waals surface area (Å²) >= 11 is 0. The fourth-order valence-electron chi connectivity index (χ4n) is 11.7. The molecule has 4 fully saturated rings. The summed E-state index contributed by atoms with van der Waals surface area (Å²) in [5.41, 5.74) is 1.42. The number of benzene rings is 2. The number of carbonyl (C=O) groups excluding carboxylic acids is 2. The summed E-state index contributed by atoms with van der Waals surface area (Å²) in [6, 6.07) is 14.5. The second kappa shape index (κ2) is 14.4. The van der Waals surface area contributed by atoms with Gasteiger partial charge in [-0.2, -0.15) is 0 Å². The molecule has 4 saturated carbocycles. The lowest BCUT2D eigenvalue weighted by atomic mass is 9.50. The van der Waals surface area contributed by atoms with Crippen molar-refractivity contribution in [3.8, 4) is 5.75 Å². The molecule has 0 aromatic heterocycles. The number of aliphatic hydroxyl groups excluding tert-OH is 2. The minimum absolute atomic E-state index is 0.0533. The van der Waals surface area contributed by atoms with E-state index in [2.05, 4.69) is 27.7 Å². The van der Waals surface area contributed by atoms with E-state index in [-0.39, 0.29) is 47.3 Å². The van der Waals surface area contributed by atoms with Crippen molar-refractivity contribution in [3.05, 3.63) is 65.2 Å². The molecule has 3 unspecified atom stereocenters. The Bertz CT molecular complexity index is 1500. The van der Waals surface area contributed by atoms with Crippen molar-refractivity contribution in [1.29, 1.82) is 0 Å². The minimum atomic E-state index is -1.21. The normalized spacial score (nSPS) is 35.9. The lowest BCUT2D eigenvalue weighted by Crippen LogP contribution is -2.51. The van der Waals surface area contributed by atoms with Crippen molar-refractivity contribution in [1.82, 2.24) is 0 Å². The minimum Gasteiger partial charge on any atom is -0.476 e. The fraction of sp³-hybridized carbons (Fsp3) is 0.682. The summed E-state index contributed by atoms with van der Waals surface area (Å²) < 4.78 is 12.5. The highest BCUT2D eigenvalue weighted by Crippen LogP contribution is 2.67. The van der Waals surface area contributed by atoms with Crippen molar-refractivity contribution in [2.24, 2.45) is 52.3 Å². The zero-order chi connectivity index (χ0) is 36.0. The molecule has 6 rings (SSSR count). The fourth-order valence-corrected chi connectivity index (χ4v) is 11.7. The molecule has 2 N–H and O–H groups in total. The van der Waals surface area contributed by atoms with E-state index in [9.17, 15) is 19.8 Å². The van der Waals surface area contributed by atoms with Gasteiger partial charge in [-0.05, 0) is 155 Å². The lowest BCUT2D eigenvalue weighted by Gasteiger charge is -2.55. The first-order valence-corrected chi connectivity index (χ1v) is 19.6. The van der Waals surface area contributed by atoms with Gasteiger partial charge in [-0.25, -0.2) is 4.79 Å². The number of esters is 1. The predicted molar refractivity (Wildman–Crippen MR) is 197 cm³/mol. The molecule has 2 aromatic carbocycles. The Kier molecular flexibility index (Phi) is 10.7. The van der Waals surface area contributed by atoms with E-state index in [1.807, 2.05) is 31.2 Å². The molecule has 6 nitrogen and oxygen atoms in total. The summed E-state index contributed by atoms with van der Waals surface area (Å²) in [4.78, 5) is 26.7. The van der Waals surface area contributed by atoms with Crippen molar-refractivity contribution >= 4 is 11.8 Å². The van der Waals surface area contributed by atoms with E-state index >= 15 is 0 Å². The van der Waals surface area contributed by atoms with Gasteiger partial charge in [0.05, 0.1) is 6.10 Å². The molecule has 0 aliphatic heterocycles. The van der Waals surface area contributed by atoms with Crippen LogP contribution in [0.4, 0.5) is 0 Å². The number of aryl methyl sites for hydroxylation is 1. The number of hydrogen-bond acceptors (Lipinski definition) is 6. The first-order chi connectivity index (χ1) is 23.7. The van der Waals surface area contributed by atoms with Crippen LogP contribution < -0.4 is 4.74 Å². The molecule has 0 radical (unpaired) electrons. The average Bonchev–Trinajstić information content (AvgIpc) is 3.30. The summed E-state index contributed by atoms with van der Waals surface area (Å²) in [5, 5.41) is 22.1. The highest BCUT2D eigenvalue weighted by Gasteiger charge is 2.62. The molecule has 0 heterocycles. The Morgan fingerprint density at radius 1 is 0.940 bits per heavy atom. The van der Waals surface area contributed by atoms with Crippen molar-refractivity contribution in [3.63, 3.8) is 0 Å². The van der Waals surface area contributed by atoms with E-state index in [0.29, 0.717) is 52.4 Å². The van der Waals surface area contributed by atoms with Gasteiger partial charge in [0.1, 0.15) is 11.9 Å². The van der Waals surface area contributed by atoms with Crippen LogP contribution in [0.3, 0.4) is 0 Å². The maximum atomic E-state index is 13.7. The smallest absolute Gasteiger partial charge is 0.350 e.